The number of rotatable bonds is 7. The topological polar surface area (TPSA) is 21.3 Å². The summed E-state index contributed by atoms with van der Waals surface area (Å²) in [6.45, 7) is 4.79. The van der Waals surface area contributed by atoms with Gasteiger partial charge in [0.1, 0.15) is 11.6 Å². The molecule has 0 aliphatic rings. The van der Waals surface area contributed by atoms with Crippen molar-refractivity contribution < 1.29 is 13.5 Å². The average Bonchev–Trinajstić information content (AvgIpc) is 2.32. The number of hydrogen-bond acceptors (Lipinski definition) is 2. The molecule has 0 aliphatic carbocycles. The van der Waals surface area contributed by atoms with Crippen molar-refractivity contribution in [2.75, 3.05) is 13.7 Å². The molecule has 1 N–H and O–H groups in total. The minimum Gasteiger partial charge on any atom is -0.382 e. The molecule has 0 saturated heterocycles. The third-order valence-corrected chi connectivity index (χ3v) is 2.99. The Hall–Kier alpha value is -1.00. The van der Waals surface area contributed by atoms with Crippen molar-refractivity contribution in [1.29, 1.82) is 0 Å². The fourth-order valence-electron chi connectivity index (χ4n) is 1.98. The molecule has 1 aromatic carbocycles. The monoisotopic (exact) mass is 257 g/mol. The van der Waals surface area contributed by atoms with Crippen molar-refractivity contribution in [3.05, 3.63) is 35.4 Å². The standard InChI is InChI=1S/C14H21F2NO/c1-4-17-13(7-10(2)18-3)8-11-5-6-12(15)9-14(11)16/h5-6,9-10,13,17H,4,7-8H2,1-3H3. The molecule has 2 nitrogen and oxygen atoms in total. The summed E-state index contributed by atoms with van der Waals surface area (Å²) in [7, 11) is 1.66. The van der Waals surface area contributed by atoms with E-state index < -0.39 is 11.6 Å². The summed E-state index contributed by atoms with van der Waals surface area (Å²) in [5.41, 5.74) is 0.533. The van der Waals surface area contributed by atoms with E-state index in [9.17, 15) is 8.78 Å². The Morgan fingerprint density at radius 2 is 2.06 bits per heavy atom. The lowest BCUT2D eigenvalue weighted by Crippen LogP contribution is -2.34. The second-order valence-corrected chi connectivity index (χ2v) is 4.48. The summed E-state index contributed by atoms with van der Waals surface area (Å²) < 4.78 is 31.6. The van der Waals surface area contributed by atoms with E-state index in [4.69, 9.17) is 4.74 Å². The molecule has 1 rings (SSSR count). The molecule has 18 heavy (non-hydrogen) atoms. The Kier molecular flexibility index (Phi) is 6.22. The lowest BCUT2D eigenvalue weighted by molar-refractivity contribution is 0.100. The maximum absolute atomic E-state index is 13.6. The quantitative estimate of drug-likeness (QED) is 0.811. The van der Waals surface area contributed by atoms with Crippen LogP contribution in [0.2, 0.25) is 0 Å². The van der Waals surface area contributed by atoms with Crippen molar-refractivity contribution >= 4 is 0 Å². The number of hydrogen-bond donors (Lipinski definition) is 1. The van der Waals surface area contributed by atoms with Gasteiger partial charge >= 0.3 is 0 Å². The average molecular weight is 257 g/mol. The predicted molar refractivity (Wildman–Crippen MR) is 68.6 cm³/mol. The number of nitrogens with one attached hydrogen (secondary N) is 1. The first-order chi connectivity index (χ1) is 8.56. The molecule has 0 saturated carbocycles. The Balaban J connectivity index is 2.69. The molecule has 102 valence electrons. The summed E-state index contributed by atoms with van der Waals surface area (Å²) in [4.78, 5) is 0. The van der Waals surface area contributed by atoms with Crippen LogP contribution in [-0.2, 0) is 11.2 Å². The normalized spacial score (nSPS) is 14.5. The summed E-state index contributed by atoms with van der Waals surface area (Å²) >= 11 is 0. The highest BCUT2D eigenvalue weighted by molar-refractivity contribution is 5.19. The molecule has 0 amide bonds. The maximum Gasteiger partial charge on any atom is 0.129 e. The minimum absolute atomic E-state index is 0.109. The molecule has 2 unspecified atom stereocenters. The van der Waals surface area contributed by atoms with Crippen LogP contribution in [0.3, 0.4) is 0 Å². The van der Waals surface area contributed by atoms with Crippen molar-refractivity contribution in [2.45, 2.75) is 38.8 Å². The molecule has 0 bridgehead atoms. The molecular weight excluding hydrogens is 236 g/mol. The zero-order valence-corrected chi connectivity index (χ0v) is 11.2. The molecule has 0 aliphatic heterocycles. The van der Waals surface area contributed by atoms with E-state index in [0.29, 0.717) is 12.0 Å². The van der Waals surface area contributed by atoms with Crippen LogP contribution in [0.25, 0.3) is 0 Å². The zero-order chi connectivity index (χ0) is 13.5. The van der Waals surface area contributed by atoms with Gasteiger partial charge in [-0.05, 0) is 37.9 Å². The minimum atomic E-state index is -0.540. The van der Waals surface area contributed by atoms with Crippen molar-refractivity contribution in [3.63, 3.8) is 0 Å². The van der Waals surface area contributed by atoms with Gasteiger partial charge in [0.15, 0.2) is 0 Å². The highest BCUT2D eigenvalue weighted by Crippen LogP contribution is 2.14. The molecule has 0 spiro atoms. The zero-order valence-electron chi connectivity index (χ0n) is 11.2. The SMILES string of the molecule is CCNC(Cc1ccc(F)cc1F)CC(C)OC. The Bertz CT molecular complexity index is 371. The molecule has 0 radical (unpaired) electrons. The molecule has 2 atom stereocenters. The molecule has 1 aromatic rings. The third kappa shape index (κ3) is 4.70. The van der Waals surface area contributed by atoms with Crippen molar-refractivity contribution in [3.8, 4) is 0 Å². The largest absolute Gasteiger partial charge is 0.382 e. The van der Waals surface area contributed by atoms with Gasteiger partial charge in [-0.1, -0.05) is 13.0 Å². The smallest absolute Gasteiger partial charge is 0.129 e. The molecule has 0 heterocycles. The van der Waals surface area contributed by atoms with Gasteiger partial charge in [0.25, 0.3) is 0 Å². The molecular formula is C14H21F2NO. The van der Waals surface area contributed by atoms with E-state index in [1.807, 2.05) is 13.8 Å². The fourth-order valence-corrected chi connectivity index (χ4v) is 1.98. The van der Waals surface area contributed by atoms with Gasteiger partial charge in [0.2, 0.25) is 0 Å². The number of ether oxygens (including phenoxy) is 1. The highest BCUT2D eigenvalue weighted by atomic mass is 19.1. The second kappa shape index (κ2) is 7.44. The lowest BCUT2D eigenvalue weighted by atomic mass is 10.0. The summed E-state index contributed by atoms with van der Waals surface area (Å²) in [5.74, 6) is -1.02. The van der Waals surface area contributed by atoms with Crippen LogP contribution in [0.4, 0.5) is 8.78 Å². The molecule has 0 aromatic heterocycles. The van der Waals surface area contributed by atoms with Gasteiger partial charge in [0, 0.05) is 19.2 Å². The first-order valence-electron chi connectivity index (χ1n) is 6.26. The van der Waals surface area contributed by atoms with E-state index >= 15 is 0 Å². The van der Waals surface area contributed by atoms with Gasteiger partial charge in [0.05, 0.1) is 6.10 Å². The summed E-state index contributed by atoms with van der Waals surface area (Å²) in [6.07, 6.45) is 1.44. The third-order valence-electron chi connectivity index (χ3n) is 2.99. The summed E-state index contributed by atoms with van der Waals surface area (Å²) in [5, 5.41) is 3.30. The number of halogens is 2. The van der Waals surface area contributed by atoms with Gasteiger partial charge < -0.3 is 10.1 Å². The van der Waals surface area contributed by atoms with E-state index in [1.165, 1.54) is 12.1 Å². The maximum atomic E-state index is 13.6. The van der Waals surface area contributed by atoms with Crippen LogP contribution in [0.5, 0.6) is 0 Å². The predicted octanol–water partition coefficient (Wildman–Crippen LogP) is 2.91. The Morgan fingerprint density at radius 1 is 1.33 bits per heavy atom. The Morgan fingerprint density at radius 3 is 2.61 bits per heavy atom. The summed E-state index contributed by atoms with van der Waals surface area (Å²) in [6, 6.07) is 3.86. The molecule has 4 heteroatoms. The fraction of sp³-hybridized carbons (Fsp3) is 0.571. The van der Waals surface area contributed by atoms with Crippen molar-refractivity contribution in [2.24, 2.45) is 0 Å². The number of benzene rings is 1. The van der Waals surface area contributed by atoms with Crippen LogP contribution in [0.15, 0.2) is 18.2 Å². The number of likely N-dealkylation sites (N-methyl/N-ethyl adjacent to an activating group) is 1. The lowest BCUT2D eigenvalue weighted by Gasteiger charge is -2.21. The van der Waals surface area contributed by atoms with Crippen LogP contribution in [0.1, 0.15) is 25.8 Å². The van der Waals surface area contributed by atoms with Gasteiger partial charge in [-0.2, -0.15) is 0 Å². The first kappa shape index (κ1) is 15.1. The van der Waals surface area contributed by atoms with E-state index in [-0.39, 0.29) is 12.1 Å². The van der Waals surface area contributed by atoms with Crippen molar-refractivity contribution in [1.82, 2.24) is 5.32 Å². The first-order valence-corrected chi connectivity index (χ1v) is 6.26. The van der Waals surface area contributed by atoms with Crippen LogP contribution < -0.4 is 5.32 Å². The van der Waals surface area contributed by atoms with Gasteiger partial charge in [-0.25, -0.2) is 8.78 Å². The second-order valence-electron chi connectivity index (χ2n) is 4.48. The van der Waals surface area contributed by atoms with Crippen LogP contribution in [-0.4, -0.2) is 25.8 Å². The highest BCUT2D eigenvalue weighted by Gasteiger charge is 2.15. The van der Waals surface area contributed by atoms with E-state index in [1.54, 1.807) is 7.11 Å². The van der Waals surface area contributed by atoms with Crippen LogP contribution >= 0.6 is 0 Å². The van der Waals surface area contributed by atoms with Gasteiger partial charge in [-0.15, -0.1) is 0 Å². The van der Waals surface area contributed by atoms with Gasteiger partial charge in [-0.3, -0.25) is 0 Å². The van der Waals surface area contributed by atoms with E-state index in [2.05, 4.69) is 5.32 Å². The number of methoxy groups -OCH3 is 1. The van der Waals surface area contributed by atoms with E-state index in [0.717, 1.165) is 19.0 Å². The molecule has 0 fully saturated rings. The van der Waals surface area contributed by atoms with Crippen LogP contribution in [0, 0.1) is 11.6 Å². The Labute approximate surface area is 107 Å².